The van der Waals surface area contributed by atoms with Crippen molar-refractivity contribution in [2.75, 3.05) is 25.4 Å². The number of rotatable bonds is 7. The third-order valence-corrected chi connectivity index (χ3v) is 4.04. The second kappa shape index (κ2) is 10.7. The molecule has 0 amide bonds. The number of nitrogens with zero attached hydrogens (tertiary/aromatic N) is 5. The van der Waals surface area contributed by atoms with Gasteiger partial charge in [-0.2, -0.15) is 10.4 Å². The maximum atomic E-state index is 9.40. The van der Waals surface area contributed by atoms with Crippen LogP contribution in [0.5, 0.6) is 0 Å². The Hall–Kier alpha value is -2.28. The van der Waals surface area contributed by atoms with E-state index in [0.29, 0.717) is 36.0 Å². The first kappa shape index (κ1) is 21.8. The SMILES string of the molecule is CCN(CC)C(N)=NCCCc1nn(-c2ccccc2)c(N)c1C#N.I. The Morgan fingerprint density at radius 1 is 1.27 bits per heavy atom. The first-order valence-electron chi connectivity index (χ1n) is 8.50. The third-order valence-electron chi connectivity index (χ3n) is 4.04. The number of aliphatic imine (C=N–C) groups is 1. The Balaban J connectivity index is 0.00000338. The Bertz CT molecular complexity index is 758. The number of anilines is 1. The van der Waals surface area contributed by atoms with E-state index in [0.717, 1.165) is 25.2 Å². The van der Waals surface area contributed by atoms with Gasteiger partial charge in [-0.15, -0.1) is 24.0 Å². The summed E-state index contributed by atoms with van der Waals surface area (Å²) in [7, 11) is 0. The van der Waals surface area contributed by atoms with Crippen LogP contribution in [0.3, 0.4) is 0 Å². The Labute approximate surface area is 171 Å². The van der Waals surface area contributed by atoms with E-state index in [-0.39, 0.29) is 24.0 Å². The van der Waals surface area contributed by atoms with E-state index >= 15 is 0 Å². The Morgan fingerprint density at radius 3 is 2.50 bits per heavy atom. The molecule has 0 saturated heterocycles. The lowest BCUT2D eigenvalue weighted by Crippen LogP contribution is -2.37. The molecule has 0 saturated carbocycles. The molecule has 1 heterocycles. The minimum Gasteiger partial charge on any atom is -0.382 e. The van der Waals surface area contributed by atoms with E-state index in [2.05, 4.69) is 16.2 Å². The number of guanidine groups is 1. The van der Waals surface area contributed by atoms with Gasteiger partial charge in [0.1, 0.15) is 17.5 Å². The lowest BCUT2D eigenvalue weighted by atomic mass is 10.1. The zero-order chi connectivity index (χ0) is 18.2. The van der Waals surface area contributed by atoms with Gasteiger partial charge in [0.2, 0.25) is 0 Å². The van der Waals surface area contributed by atoms with Crippen LogP contribution in [0.15, 0.2) is 35.3 Å². The van der Waals surface area contributed by atoms with E-state index in [1.54, 1.807) is 4.68 Å². The quantitative estimate of drug-likeness (QED) is 0.282. The zero-order valence-electron chi connectivity index (χ0n) is 15.2. The van der Waals surface area contributed by atoms with Crippen LogP contribution in [-0.4, -0.2) is 40.3 Å². The highest BCUT2D eigenvalue weighted by molar-refractivity contribution is 14.0. The molecule has 0 fully saturated rings. The van der Waals surface area contributed by atoms with Crippen molar-refractivity contribution in [3.05, 3.63) is 41.6 Å². The molecule has 4 N–H and O–H groups in total. The maximum Gasteiger partial charge on any atom is 0.191 e. The number of hydrogen-bond donors (Lipinski definition) is 2. The number of aryl methyl sites for hydroxylation is 1. The van der Waals surface area contributed by atoms with Crippen molar-refractivity contribution in [3.63, 3.8) is 0 Å². The Kier molecular flexibility index (Phi) is 8.92. The van der Waals surface area contributed by atoms with Gasteiger partial charge in [0, 0.05) is 19.6 Å². The molecule has 26 heavy (non-hydrogen) atoms. The summed E-state index contributed by atoms with van der Waals surface area (Å²) in [4.78, 5) is 6.40. The standard InChI is InChI=1S/C18H25N7.HI/c1-3-24(4-2)18(21)22-12-8-11-16-15(13-19)17(20)25(23-16)14-9-6-5-7-10-14;/h5-7,9-10H,3-4,8,11-12,20H2,1-2H3,(H2,21,22);1H. The molecule has 2 rings (SSSR count). The summed E-state index contributed by atoms with van der Waals surface area (Å²) in [5.41, 5.74) is 14.0. The second-order valence-corrected chi connectivity index (χ2v) is 5.58. The van der Waals surface area contributed by atoms with Crippen LogP contribution in [0.1, 0.15) is 31.5 Å². The predicted octanol–water partition coefficient (Wildman–Crippen LogP) is 2.53. The van der Waals surface area contributed by atoms with Crippen molar-refractivity contribution < 1.29 is 0 Å². The van der Waals surface area contributed by atoms with E-state index in [9.17, 15) is 5.26 Å². The highest BCUT2D eigenvalue weighted by atomic mass is 127. The van der Waals surface area contributed by atoms with Gasteiger partial charge in [0.15, 0.2) is 5.96 Å². The van der Waals surface area contributed by atoms with Gasteiger partial charge in [0.25, 0.3) is 0 Å². The highest BCUT2D eigenvalue weighted by Crippen LogP contribution is 2.21. The fraction of sp³-hybridized carbons (Fsp3) is 0.389. The monoisotopic (exact) mass is 467 g/mol. The van der Waals surface area contributed by atoms with Crippen LogP contribution in [0.4, 0.5) is 5.82 Å². The van der Waals surface area contributed by atoms with E-state index in [4.69, 9.17) is 11.5 Å². The lowest BCUT2D eigenvalue weighted by Gasteiger charge is -2.19. The number of benzene rings is 1. The third kappa shape index (κ3) is 5.11. The first-order chi connectivity index (χ1) is 12.1. The highest BCUT2D eigenvalue weighted by Gasteiger charge is 2.16. The molecular formula is C18H26IN7. The summed E-state index contributed by atoms with van der Waals surface area (Å²) in [6, 6.07) is 11.7. The smallest absolute Gasteiger partial charge is 0.191 e. The first-order valence-corrected chi connectivity index (χ1v) is 8.50. The number of halogens is 1. The lowest BCUT2D eigenvalue weighted by molar-refractivity contribution is 0.458. The van der Waals surface area contributed by atoms with E-state index < -0.39 is 0 Å². The van der Waals surface area contributed by atoms with Crippen LogP contribution in [0, 0.1) is 11.3 Å². The number of nitrogens with two attached hydrogens (primary N) is 2. The van der Waals surface area contributed by atoms with Gasteiger partial charge in [-0.1, -0.05) is 18.2 Å². The zero-order valence-corrected chi connectivity index (χ0v) is 17.6. The molecule has 0 atom stereocenters. The number of aromatic nitrogens is 2. The van der Waals surface area contributed by atoms with Gasteiger partial charge in [0.05, 0.1) is 11.4 Å². The number of hydrogen-bond acceptors (Lipinski definition) is 4. The van der Waals surface area contributed by atoms with Crippen LogP contribution in [0.2, 0.25) is 0 Å². The molecule has 0 bridgehead atoms. The molecule has 8 heteroatoms. The van der Waals surface area contributed by atoms with Gasteiger partial charge < -0.3 is 16.4 Å². The maximum absolute atomic E-state index is 9.40. The fourth-order valence-corrected chi connectivity index (χ4v) is 2.63. The summed E-state index contributed by atoms with van der Waals surface area (Å²) >= 11 is 0. The summed E-state index contributed by atoms with van der Waals surface area (Å²) < 4.78 is 1.61. The topological polar surface area (TPSA) is 109 Å². The molecule has 0 aliphatic rings. The molecule has 140 valence electrons. The molecule has 2 aromatic rings. The van der Waals surface area contributed by atoms with Crippen molar-refractivity contribution in [2.45, 2.75) is 26.7 Å². The van der Waals surface area contributed by atoms with Gasteiger partial charge >= 0.3 is 0 Å². The normalized spacial score (nSPS) is 10.9. The predicted molar refractivity (Wildman–Crippen MR) is 116 cm³/mol. The molecular weight excluding hydrogens is 441 g/mol. The van der Waals surface area contributed by atoms with Crippen molar-refractivity contribution in [2.24, 2.45) is 10.7 Å². The molecule has 0 unspecified atom stereocenters. The number of para-hydroxylation sites is 1. The second-order valence-electron chi connectivity index (χ2n) is 5.58. The van der Waals surface area contributed by atoms with Crippen LogP contribution in [0.25, 0.3) is 5.69 Å². The van der Waals surface area contributed by atoms with Crippen molar-refractivity contribution in [1.29, 1.82) is 5.26 Å². The van der Waals surface area contributed by atoms with Gasteiger partial charge in [-0.05, 0) is 38.8 Å². The minimum atomic E-state index is 0. The van der Waals surface area contributed by atoms with Crippen molar-refractivity contribution in [3.8, 4) is 11.8 Å². The minimum absolute atomic E-state index is 0. The molecule has 0 aliphatic heterocycles. The number of nitrogen functional groups attached to an aromatic ring is 1. The molecule has 1 aromatic carbocycles. The molecule has 0 spiro atoms. The molecule has 7 nitrogen and oxygen atoms in total. The fourth-order valence-electron chi connectivity index (χ4n) is 2.63. The molecule has 0 radical (unpaired) electrons. The average Bonchev–Trinajstić information content (AvgIpc) is 2.96. The summed E-state index contributed by atoms with van der Waals surface area (Å²) in [6.45, 7) is 6.35. The summed E-state index contributed by atoms with van der Waals surface area (Å²) in [5.74, 6) is 0.926. The average molecular weight is 467 g/mol. The van der Waals surface area contributed by atoms with Crippen molar-refractivity contribution >= 4 is 35.8 Å². The van der Waals surface area contributed by atoms with Crippen LogP contribution < -0.4 is 11.5 Å². The van der Waals surface area contributed by atoms with E-state index in [1.807, 2.05) is 49.1 Å². The van der Waals surface area contributed by atoms with E-state index in [1.165, 1.54) is 0 Å². The van der Waals surface area contributed by atoms with Gasteiger partial charge in [-0.3, -0.25) is 4.99 Å². The van der Waals surface area contributed by atoms with Crippen molar-refractivity contribution in [1.82, 2.24) is 14.7 Å². The summed E-state index contributed by atoms with van der Waals surface area (Å²) in [5, 5.41) is 13.9. The largest absolute Gasteiger partial charge is 0.382 e. The molecule has 0 aliphatic carbocycles. The summed E-state index contributed by atoms with van der Waals surface area (Å²) in [6.07, 6.45) is 1.38. The van der Waals surface area contributed by atoms with Crippen LogP contribution >= 0.6 is 24.0 Å². The Morgan fingerprint density at radius 2 is 1.92 bits per heavy atom. The van der Waals surface area contributed by atoms with Gasteiger partial charge in [-0.25, -0.2) is 4.68 Å². The van der Waals surface area contributed by atoms with Crippen LogP contribution in [-0.2, 0) is 6.42 Å². The number of nitriles is 1. The molecule has 1 aromatic heterocycles.